The first-order valence-corrected chi connectivity index (χ1v) is 5.71. The number of aromatic nitrogens is 2. The summed E-state index contributed by atoms with van der Waals surface area (Å²) in [5.41, 5.74) is 5.92. The standard InChI is InChI=1S/C9H13N3O4S/c1-2-16-9(15)17-8-11-4-5(12-8)3-6(10)7(13)14/h4,6H,2-3,10H2,1H3,(H,11,12)(H,13,14)/t6-/m0/s1. The van der Waals surface area contributed by atoms with Crippen molar-refractivity contribution >= 4 is 23.0 Å². The Morgan fingerprint density at radius 1 is 1.71 bits per heavy atom. The number of nitrogens with two attached hydrogens (primary N) is 1. The SMILES string of the molecule is CCOC(=O)Sc1ncc(C[C@H](N)C(=O)O)[nH]1. The van der Waals surface area contributed by atoms with Crippen LogP contribution >= 0.6 is 11.8 Å². The van der Waals surface area contributed by atoms with Gasteiger partial charge in [-0.15, -0.1) is 0 Å². The number of hydrogen-bond donors (Lipinski definition) is 3. The number of thioether (sulfide) groups is 1. The number of nitrogens with zero attached hydrogens (tertiary/aromatic N) is 1. The Kier molecular flexibility index (Phi) is 4.98. The summed E-state index contributed by atoms with van der Waals surface area (Å²) in [5, 5.41) is 8.52. The van der Waals surface area contributed by atoms with E-state index in [1.807, 2.05) is 0 Å². The number of carbonyl (C=O) groups is 2. The molecule has 8 heteroatoms. The van der Waals surface area contributed by atoms with Gasteiger partial charge in [0.1, 0.15) is 6.04 Å². The maximum atomic E-state index is 11.1. The van der Waals surface area contributed by atoms with Crippen LogP contribution in [0, 0.1) is 0 Å². The zero-order valence-electron chi connectivity index (χ0n) is 9.17. The second-order valence-electron chi connectivity index (χ2n) is 3.15. The molecule has 1 aromatic heterocycles. The Hall–Kier alpha value is -1.54. The Morgan fingerprint density at radius 3 is 3.00 bits per heavy atom. The average Bonchev–Trinajstić information content (AvgIpc) is 2.65. The molecule has 0 aliphatic rings. The van der Waals surface area contributed by atoms with Gasteiger partial charge in [0, 0.05) is 30.1 Å². The number of H-pyrrole nitrogens is 1. The van der Waals surface area contributed by atoms with Gasteiger partial charge in [0.25, 0.3) is 0 Å². The molecule has 0 bridgehead atoms. The second-order valence-corrected chi connectivity index (χ2v) is 4.07. The number of imidazole rings is 1. The van der Waals surface area contributed by atoms with Crippen LogP contribution in [0.3, 0.4) is 0 Å². The third kappa shape index (κ3) is 4.45. The van der Waals surface area contributed by atoms with Crippen molar-refractivity contribution in [1.29, 1.82) is 0 Å². The number of carboxylic acid groups (broad SMARTS) is 1. The Labute approximate surface area is 102 Å². The highest BCUT2D eigenvalue weighted by molar-refractivity contribution is 8.13. The van der Waals surface area contributed by atoms with Crippen molar-refractivity contribution in [3.8, 4) is 0 Å². The highest BCUT2D eigenvalue weighted by Crippen LogP contribution is 2.16. The minimum absolute atomic E-state index is 0.131. The van der Waals surface area contributed by atoms with Crippen LogP contribution < -0.4 is 5.73 Å². The summed E-state index contributed by atoms with van der Waals surface area (Å²) in [4.78, 5) is 28.4. The van der Waals surface area contributed by atoms with E-state index in [9.17, 15) is 9.59 Å². The van der Waals surface area contributed by atoms with Crippen molar-refractivity contribution in [3.05, 3.63) is 11.9 Å². The molecule has 0 fully saturated rings. The summed E-state index contributed by atoms with van der Waals surface area (Å²) in [6.45, 7) is 2.00. The maximum absolute atomic E-state index is 11.1. The Balaban J connectivity index is 2.53. The summed E-state index contributed by atoms with van der Waals surface area (Å²) < 4.78 is 4.72. The lowest BCUT2D eigenvalue weighted by Gasteiger charge is -2.02. The lowest BCUT2D eigenvalue weighted by molar-refractivity contribution is -0.138. The summed E-state index contributed by atoms with van der Waals surface area (Å²) in [7, 11) is 0. The summed E-state index contributed by atoms with van der Waals surface area (Å²) in [5.74, 6) is -1.08. The van der Waals surface area contributed by atoms with Crippen molar-refractivity contribution in [1.82, 2.24) is 9.97 Å². The van der Waals surface area contributed by atoms with E-state index < -0.39 is 17.3 Å². The van der Waals surface area contributed by atoms with E-state index in [4.69, 9.17) is 15.6 Å². The van der Waals surface area contributed by atoms with E-state index in [0.29, 0.717) is 17.5 Å². The highest BCUT2D eigenvalue weighted by Gasteiger charge is 2.15. The fraction of sp³-hybridized carbons (Fsp3) is 0.444. The van der Waals surface area contributed by atoms with Gasteiger partial charge in [0.15, 0.2) is 5.16 Å². The van der Waals surface area contributed by atoms with Gasteiger partial charge in [0.2, 0.25) is 0 Å². The normalized spacial score (nSPS) is 12.1. The van der Waals surface area contributed by atoms with Crippen molar-refractivity contribution in [2.75, 3.05) is 6.61 Å². The van der Waals surface area contributed by atoms with E-state index in [-0.39, 0.29) is 6.42 Å². The van der Waals surface area contributed by atoms with Gasteiger partial charge < -0.3 is 20.6 Å². The minimum Gasteiger partial charge on any atom is -0.480 e. The largest absolute Gasteiger partial charge is 0.480 e. The summed E-state index contributed by atoms with van der Waals surface area (Å²) >= 11 is 0.808. The molecule has 0 radical (unpaired) electrons. The molecule has 17 heavy (non-hydrogen) atoms. The van der Waals surface area contributed by atoms with Crippen LogP contribution in [0.4, 0.5) is 4.79 Å². The van der Waals surface area contributed by atoms with Gasteiger partial charge in [0.05, 0.1) is 6.61 Å². The van der Waals surface area contributed by atoms with Crippen LogP contribution in [0.2, 0.25) is 0 Å². The number of carboxylic acids is 1. The van der Waals surface area contributed by atoms with Gasteiger partial charge in [-0.3, -0.25) is 4.79 Å². The maximum Gasteiger partial charge on any atom is 0.375 e. The number of aromatic amines is 1. The summed E-state index contributed by atoms with van der Waals surface area (Å²) in [6.07, 6.45) is 1.58. The quantitative estimate of drug-likeness (QED) is 0.523. The predicted octanol–water partition coefficient (Wildman–Crippen LogP) is 0.613. The number of nitrogens with one attached hydrogen (secondary N) is 1. The second kappa shape index (κ2) is 6.26. The Morgan fingerprint density at radius 2 is 2.41 bits per heavy atom. The zero-order chi connectivity index (χ0) is 12.8. The topological polar surface area (TPSA) is 118 Å². The molecule has 0 amide bonds. The first-order chi connectivity index (χ1) is 8.02. The van der Waals surface area contributed by atoms with Crippen LogP contribution in [-0.4, -0.2) is 39.0 Å². The number of ether oxygens (including phenoxy) is 1. The van der Waals surface area contributed by atoms with Gasteiger partial charge in [-0.25, -0.2) is 9.78 Å². The molecule has 94 valence electrons. The molecule has 1 aromatic rings. The lowest BCUT2D eigenvalue weighted by Crippen LogP contribution is -2.32. The molecule has 1 atom stereocenters. The first-order valence-electron chi connectivity index (χ1n) is 4.89. The molecule has 1 heterocycles. The molecule has 0 spiro atoms. The highest BCUT2D eigenvalue weighted by atomic mass is 32.2. The van der Waals surface area contributed by atoms with Crippen molar-refractivity contribution in [3.63, 3.8) is 0 Å². The fourth-order valence-corrected chi connectivity index (χ4v) is 1.67. The third-order valence-corrected chi connectivity index (χ3v) is 2.49. The van der Waals surface area contributed by atoms with E-state index in [2.05, 4.69) is 9.97 Å². The van der Waals surface area contributed by atoms with Crippen LogP contribution in [0.1, 0.15) is 12.6 Å². The van der Waals surface area contributed by atoms with Crippen LogP contribution in [0.15, 0.2) is 11.4 Å². The third-order valence-electron chi connectivity index (χ3n) is 1.80. The van der Waals surface area contributed by atoms with Crippen LogP contribution in [0.5, 0.6) is 0 Å². The molecule has 0 saturated heterocycles. The number of hydrogen-bond acceptors (Lipinski definition) is 6. The van der Waals surface area contributed by atoms with E-state index in [1.54, 1.807) is 6.92 Å². The van der Waals surface area contributed by atoms with Crippen LogP contribution in [-0.2, 0) is 16.0 Å². The molecule has 7 nitrogen and oxygen atoms in total. The molecule has 0 unspecified atom stereocenters. The van der Waals surface area contributed by atoms with Gasteiger partial charge in [-0.05, 0) is 6.92 Å². The fourth-order valence-electron chi connectivity index (χ4n) is 1.04. The molecule has 0 aromatic carbocycles. The van der Waals surface area contributed by atoms with Crippen molar-refractivity contribution in [2.45, 2.75) is 24.5 Å². The Bertz CT molecular complexity index is 407. The molecule has 0 aliphatic heterocycles. The van der Waals surface area contributed by atoms with Crippen molar-refractivity contribution in [2.24, 2.45) is 5.73 Å². The van der Waals surface area contributed by atoms with Gasteiger partial charge >= 0.3 is 11.3 Å². The van der Waals surface area contributed by atoms with Gasteiger partial charge in [-0.2, -0.15) is 0 Å². The number of rotatable bonds is 5. The average molecular weight is 259 g/mol. The van der Waals surface area contributed by atoms with Crippen molar-refractivity contribution < 1.29 is 19.4 Å². The molecular weight excluding hydrogens is 246 g/mol. The van der Waals surface area contributed by atoms with E-state index in [1.165, 1.54) is 6.20 Å². The number of carbonyl (C=O) groups excluding carboxylic acids is 1. The zero-order valence-corrected chi connectivity index (χ0v) is 9.99. The molecule has 4 N–H and O–H groups in total. The molecule has 1 rings (SSSR count). The van der Waals surface area contributed by atoms with E-state index in [0.717, 1.165) is 11.8 Å². The van der Waals surface area contributed by atoms with Crippen LogP contribution in [0.25, 0.3) is 0 Å². The van der Waals surface area contributed by atoms with Gasteiger partial charge in [-0.1, -0.05) is 0 Å². The molecule has 0 aliphatic carbocycles. The minimum atomic E-state index is -1.08. The number of aliphatic carboxylic acids is 1. The molecular formula is C9H13N3O4S. The lowest BCUT2D eigenvalue weighted by atomic mass is 10.2. The monoisotopic (exact) mass is 259 g/mol. The van der Waals surface area contributed by atoms with E-state index >= 15 is 0 Å². The first kappa shape index (κ1) is 13.5. The predicted molar refractivity (Wildman–Crippen MR) is 60.8 cm³/mol. The summed E-state index contributed by atoms with van der Waals surface area (Å²) in [6, 6.07) is -0.990. The smallest absolute Gasteiger partial charge is 0.375 e. The molecule has 0 saturated carbocycles.